The molecule has 152 valence electrons. The fourth-order valence-electron chi connectivity index (χ4n) is 3.43. The Kier molecular flexibility index (Phi) is 7.29. The van der Waals surface area contributed by atoms with Crippen molar-refractivity contribution in [2.75, 3.05) is 18.8 Å². The standard InChI is InChI=1S/C20H26Cl2N4OS/c1-13(2)10-26-19(16-7-6-15(21)9-17(16)22)23-24-20(26)28-12-18(27)25-8-4-5-14(3)11-25/h6-7,9,13-14H,4-5,8,10-12H2,1-3H3. The fourth-order valence-corrected chi connectivity index (χ4v) is 4.77. The Labute approximate surface area is 180 Å². The molecule has 1 fully saturated rings. The molecular formula is C20H26Cl2N4OS. The maximum absolute atomic E-state index is 12.6. The van der Waals surface area contributed by atoms with Gasteiger partial charge in [0.15, 0.2) is 11.0 Å². The van der Waals surface area contributed by atoms with Gasteiger partial charge in [0.05, 0.1) is 10.8 Å². The molecule has 2 aromatic rings. The van der Waals surface area contributed by atoms with Crippen LogP contribution in [0, 0.1) is 11.8 Å². The molecule has 1 unspecified atom stereocenters. The molecule has 28 heavy (non-hydrogen) atoms. The van der Waals surface area contributed by atoms with Crippen LogP contribution in [0.3, 0.4) is 0 Å². The lowest BCUT2D eigenvalue weighted by Gasteiger charge is -2.30. The number of aromatic nitrogens is 3. The van der Waals surface area contributed by atoms with Crippen LogP contribution in [0.1, 0.15) is 33.6 Å². The molecule has 1 atom stereocenters. The number of hydrogen-bond donors (Lipinski definition) is 0. The maximum atomic E-state index is 12.6. The van der Waals surface area contributed by atoms with Crippen molar-refractivity contribution in [1.82, 2.24) is 19.7 Å². The molecule has 8 heteroatoms. The van der Waals surface area contributed by atoms with Crippen LogP contribution in [0.15, 0.2) is 23.4 Å². The van der Waals surface area contributed by atoms with Crippen LogP contribution in [-0.2, 0) is 11.3 Å². The van der Waals surface area contributed by atoms with Crippen molar-refractivity contribution in [3.8, 4) is 11.4 Å². The first-order valence-electron chi connectivity index (χ1n) is 9.64. The molecule has 2 heterocycles. The summed E-state index contributed by atoms with van der Waals surface area (Å²) in [6.07, 6.45) is 2.28. The van der Waals surface area contributed by atoms with Gasteiger partial charge < -0.3 is 9.47 Å². The van der Waals surface area contributed by atoms with Gasteiger partial charge in [0.2, 0.25) is 5.91 Å². The molecule has 0 saturated carbocycles. The number of piperidine rings is 1. The van der Waals surface area contributed by atoms with Crippen molar-refractivity contribution in [1.29, 1.82) is 0 Å². The molecular weight excluding hydrogens is 415 g/mol. The monoisotopic (exact) mass is 440 g/mol. The van der Waals surface area contributed by atoms with E-state index in [-0.39, 0.29) is 5.91 Å². The number of rotatable bonds is 6. The Hall–Kier alpha value is -1.24. The van der Waals surface area contributed by atoms with Crippen LogP contribution in [0.25, 0.3) is 11.4 Å². The van der Waals surface area contributed by atoms with E-state index in [2.05, 4.69) is 35.5 Å². The SMILES string of the molecule is CC(C)Cn1c(SCC(=O)N2CCCC(C)C2)nnc1-c1ccc(Cl)cc1Cl. The zero-order chi connectivity index (χ0) is 20.3. The van der Waals surface area contributed by atoms with Crippen LogP contribution in [0.2, 0.25) is 10.0 Å². The van der Waals surface area contributed by atoms with Crippen molar-refractivity contribution in [2.45, 2.75) is 45.3 Å². The van der Waals surface area contributed by atoms with Gasteiger partial charge >= 0.3 is 0 Å². The van der Waals surface area contributed by atoms with Gasteiger partial charge in [-0.25, -0.2) is 0 Å². The number of likely N-dealkylation sites (tertiary alicyclic amines) is 1. The van der Waals surface area contributed by atoms with E-state index in [1.165, 1.54) is 18.2 Å². The van der Waals surface area contributed by atoms with Gasteiger partial charge in [-0.15, -0.1) is 10.2 Å². The van der Waals surface area contributed by atoms with Gasteiger partial charge in [0.1, 0.15) is 0 Å². The van der Waals surface area contributed by atoms with Gasteiger partial charge in [-0.05, 0) is 42.9 Å². The topological polar surface area (TPSA) is 51.0 Å². The van der Waals surface area contributed by atoms with Crippen LogP contribution in [0.5, 0.6) is 0 Å². The third-order valence-corrected chi connectivity index (χ3v) is 6.27. The minimum absolute atomic E-state index is 0.168. The molecule has 1 amide bonds. The third kappa shape index (κ3) is 5.22. The molecule has 5 nitrogen and oxygen atoms in total. The van der Waals surface area contributed by atoms with Crippen LogP contribution in [0.4, 0.5) is 0 Å². The van der Waals surface area contributed by atoms with Gasteiger partial charge in [0.25, 0.3) is 0 Å². The van der Waals surface area contributed by atoms with Crippen LogP contribution >= 0.6 is 35.0 Å². The molecule has 0 bridgehead atoms. The highest BCUT2D eigenvalue weighted by atomic mass is 35.5. The lowest BCUT2D eigenvalue weighted by Crippen LogP contribution is -2.40. The second kappa shape index (κ2) is 9.51. The van der Waals surface area contributed by atoms with Crippen molar-refractivity contribution >= 4 is 40.9 Å². The number of benzene rings is 1. The molecule has 0 radical (unpaired) electrons. The Morgan fingerprint density at radius 2 is 2.11 bits per heavy atom. The van der Waals surface area contributed by atoms with E-state index in [0.29, 0.717) is 33.5 Å². The predicted molar refractivity (Wildman–Crippen MR) is 116 cm³/mol. The normalized spacial score (nSPS) is 17.4. The van der Waals surface area contributed by atoms with Gasteiger partial charge in [-0.1, -0.05) is 55.7 Å². The van der Waals surface area contributed by atoms with E-state index < -0.39 is 0 Å². The number of carbonyl (C=O) groups is 1. The summed E-state index contributed by atoms with van der Waals surface area (Å²) in [7, 11) is 0. The van der Waals surface area contributed by atoms with E-state index in [1.807, 2.05) is 11.0 Å². The average molecular weight is 441 g/mol. The van der Waals surface area contributed by atoms with Crippen LogP contribution < -0.4 is 0 Å². The van der Waals surface area contributed by atoms with Crippen molar-refractivity contribution in [3.63, 3.8) is 0 Å². The maximum Gasteiger partial charge on any atom is 0.233 e. The number of hydrogen-bond acceptors (Lipinski definition) is 4. The van der Waals surface area contributed by atoms with E-state index in [4.69, 9.17) is 23.2 Å². The van der Waals surface area contributed by atoms with Gasteiger partial charge in [-0.3, -0.25) is 4.79 Å². The first-order chi connectivity index (χ1) is 13.3. The smallest absolute Gasteiger partial charge is 0.233 e. The Balaban J connectivity index is 1.79. The van der Waals surface area contributed by atoms with Crippen molar-refractivity contribution < 1.29 is 4.79 Å². The first-order valence-corrected chi connectivity index (χ1v) is 11.4. The lowest BCUT2D eigenvalue weighted by atomic mass is 10.0. The molecule has 1 aliphatic rings. The van der Waals surface area contributed by atoms with E-state index in [1.54, 1.807) is 12.1 Å². The summed E-state index contributed by atoms with van der Waals surface area (Å²) in [5, 5.41) is 10.6. The third-order valence-electron chi connectivity index (χ3n) is 4.77. The highest BCUT2D eigenvalue weighted by molar-refractivity contribution is 7.99. The minimum Gasteiger partial charge on any atom is -0.342 e. The summed E-state index contributed by atoms with van der Waals surface area (Å²) in [5.74, 6) is 2.22. The lowest BCUT2D eigenvalue weighted by molar-refractivity contribution is -0.130. The number of carbonyl (C=O) groups excluding carboxylic acids is 1. The molecule has 0 N–H and O–H groups in total. The zero-order valence-electron chi connectivity index (χ0n) is 16.5. The molecule has 1 aromatic carbocycles. The molecule has 0 aliphatic carbocycles. The number of thioether (sulfide) groups is 1. The summed E-state index contributed by atoms with van der Waals surface area (Å²) in [4.78, 5) is 14.6. The summed E-state index contributed by atoms with van der Waals surface area (Å²) < 4.78 is 2.05. The fraction of sp³-hybridized carbons (Fsp3) is 0.550. The largest absolute Gasteiger partial charge is 0.342 e. The van der Waals surface area contributed by atoms with E-state index in [9.17, 15) is 4.79 Å². The Morgan fingerprint density at radius 1 is 1.32 bits per heavy atom. The van der Waals surface area contributed by atoms with Crippen molar-refractivity contribution in [3.05, 3.63) is 28.2 Å². The molecule has 1 saturated heterocycles. The molecule has 0 spiro atoms. The summed E-state index contributed by atoms with van der Waals surface area (Å²) in [6, 6.07) is 5.37. The molecule has 1 aliphatic heterocycles. The van der Waals surface area contributed by atoms with E-state index >= 15 is 0 Å². The molecule has 1 aromatic heterocycles. The quantitative estimate of drug-likeness (QED) is 0.574. The van der Waals surface area contributed by atoms with Crippen molar-refractivity contribution in [2.24, 2.45) is 11.8 Å². The summed E-state index contributed by atoms with van der Waals surface area (Å²) in [5.41, 5.74) is 0.794. The highest BCUT2D eigenvalue weighted by Gasteiger charge is 2.23. The zero-order valence-corrected chi connectivity index (χ0v) is 18.8. The Bertz CT molecular complexity index is 840. The summed E-state index contributed by atoms with van der Waals surface area (Å²) >= 11 is 13.9. The minimum atomic E-state index is 0.168. The predicted octanol–water partition coefficient (Wildman–Crippen LogP) is 5.26. The second-order valence-electron chi connectivity index (χ2n) is 7.81. The first kappa shape index (κ1) is 21.5. The number of amides is 1. The number of nitrogens with zero attached hydrogens (tertiary/aromatic N) is 4. The van der Waals surface area contributed by atoms with E-state index in [0.717, 1.165) is 36.8 Å². The average Bonchev–Trinajstić information content (AvgIpc) is 3.01. The van der Waals surface area contributed by atoms with Gasteiger partial charge in [0, 0.05) is 30.2 Å². The second-order valence-corrected chi connectivity index (χ2v) is 9.60. The van der Waals surface area contributed by atoms with Gasteiger partial charge in [-0.2, -0.15) is 0 Å². The highest BCUT2D eigenvalue weighted by Crippen LogP contribution is 2.32. The van der Waals surface area contributed by atoms with Crippen LogP contribution in [-0.4, -0.2) is 44.4 Å². The summed E-state index contributed by atoms with van der Waals surface area (Å²) in [6.45, 7) is 8.94. The molecule has 3 rings (SSSR count). The number of halogens is 2. The Morgan fingerprint density at radius 3 is 2.79 bits per heavy atom.